The molecule has 8 heteroatoms. The Morgan fingerprint density at radius 2 is 1.96 bits per heavy atom. The summed E-state index contributed by atoms with van der Waals surface area (Å²) in [5.41, 5.74) is -0.494. The standard InChI is InChI=1S/C15H21F3N4O/c1-21-13(15(16,17)18)11(8-19-21)9-22-6-4-10(5-7-22)14(23)20-12-2-3-12/h8,10,12H,2-7,9H2,1H3,(H,20,23). The molecule has 0 atom stereocenters. The number of rotatable bonds is 4. The SMILES string of the molecule is Cn1ncc(CN2CCC(C(=O)NC3CC3)CC2)c1C(F)(F)F. The molecule has 3 rings (SSSR count). The van der Waals surface area contributed by atoms with Crippen LogP contribution in [-0.4, -0.2) is 39.7 Å². The van der Waals surface area contributed by atoms with E-state index in [1.165, 1.54) is 13.2 Å². The second-order valence-corrected chi connectivity index (χ2v) is 6.47. The average Bonchev–Trinajstić information content (AvgIpc) is 3.20. The average molecular weight is 330 g/mol. The van der Waals surface area contributed by atoms with Crippen molar-refractivity contribution in [2.24, 2.45) is 13.0 Å². The molecule has 128 valence electrons. The molecule has 0 unspecified atom stereocenters. The number of halogens is 3. The van der Waals surface area contributed by atoms with Crippen molar-refractivity contribution in [2.45, 2.75) is 44.4 Å². The van der Waals surface area contributed by atoms with Crippen LogP contribution in [0.15, 0.2) is 6.20 Å². The van der Waals surface area contributed by atoms with Crippen molar-refractivity contribution in [1.82, 2.24) is 20.0 Å². The van der Waals surface area contributed by atoms with Gasteiger partial charge in [0.1, 0.15) is 5.69 Å². The molecule has 1 N–H and O–H groups in total. The molecule has 5 nitrogen and oxygen atoms in total. The minimum Gasteiger partial charge on any atom is -0.353 e. The summed E-state index contributed by atoms with van der Waals surface area (Å²) in [6.07, 6.45) is 0.399. The zero-order valence-corrected chi connectivity index (χ0v) is 13.1. The quantitative estimate of drug-likeness (QED) is 0.918. The van der Waals surface area contributed by atoms with E-state index in [-0.39, 0.29) is 23.9 Å². The van der Waals surface area contributed by atoms with Crippen LogP contribution in [0.3, 0.4) is 0 Å². The highest BCUT2D eigenvalue weighted by Crippen LogP contribution is 2.32. The van der Waals surface area contributed by atoms with Gasteiger partial charge in [-0.25, -0.2) is 0 Å². The third kappa shape index (κ3) is 3.85. The number of alkyl halides is 3. The summed E-state index contributed by atoms with van der Waals surface area (Å²) >= 11 is 0. The lowest BCUT2D eigenvalue weighted by molar-refractivity contribution is -0.144. The second-order valence-electron chi connectivity index (χ2n) is 6.47. The minimum absolute atomic E-state index is 0.0113. The van der Waals surface area contributed by atoms with E-state index in [9.17, 15) is 18.0 Å². The van der Waals surface area contributed by atoms with Crippen molar-refractivity contribution in [3.05, 3.63) is 17.5 Å². The van der Waals surface area contributed by atoms with Crippen molar-refractivity contribution in [3.8, 4) is 0 Å². The number of carbonyl (C=O) groups is 1. The molecule has 1 aromatic rings. The summed E-state index contributed by atoms with van der Waals surface area (Å²) in [6, 6.07) is 0.352. The molecule has 1 amide bonds. The number of nitrogens with one attached hydrogen (secondary N) is 1. The van der Waals surface area contributed by atoms with Crippen molar-refractivity contribution in [1.29, 1.82) is 0 Å². The van der Waals surface area contributed by atoms with Crippen LogP contribution in [0.1, 0.15) is 36.9 Å². The van der Waals surface area contributed by atoms with Gasteiger partial charge in [0.05, 0.1) is 6.20 Å². The molecule has 0 radical (unpaired) electrons. The van der Waals surface area contributed by atoms with E-state index >= 15 is 0 Å². The van der Waals surface area contributed by atoms with Crippen molar-refractivity contribution >= 4 is 5.91 Å². The normalized spacial score (nSPS) is 20.7. The Morgan fingerprint density at radius 1 is 1.30 bits per heavy atom. The van der Waals surface area contributed by atoms with Crippen LogP contribution in [0.25, 0.3) is 0 Å². The molecule has 1 aromatic heterocycles. The minimum atomic E-state index is -4.40. The molecule has 1 aliphatic carbocycles. The van der Waals surface area contributed by atoms with Gasteiger partial charge in [-0.05, 0) is 38.8 Å². The van der Waals surface area contributed by atoms with E-state index in [4.69, 9.17) is 0 Å². The Balaban J connectivity index is 1.56. The Bertz CT molecular complexity index is 572. The number of hydrogen-bond acceptors (Lipinski definition) is 3. The summed E-state index contributed by atoms with van der Waals surface area (Å²) < 4.78 is 40.1. The first-order chi connectivity index (χ1) is 10.8. The lowest BCUT2D eigenvalue weighted by atomic mass is 9.95. The molecule has 1 aliphatic heterocycles. The van der Waals surface area contributed by atoms with Gasteiger partial charge in [-0.15, -0.1) is 0 Å². The maximum Gasteiger partial charge on any atom is 0.433 e. The fourth-order valence-electron chi connectivity index (χ4n) is 3.11. The molecule has 0 spiro atoms. The first kappa shape index (κ1) is 16.3. The van der Waals surface area contributed by atoms with Crippen molar-refractivity contribution < 1.29 is 18.0 Å². The van der Waals surface area contributed by atoms with E-state index < -0.39 is 11.9 Å². The predicted molar refractivity (Wildman–Crippen MR) is 77.4 cm³/mol. The Kier molecular flexibility index (Phi) is 4.35. The molecular weight excluding hydrogens is 309 g/mol. The summed E-state index contributed by atoms with van der Waals surface area (Å²) in [7, 11) is 1.31. The van der Waals surface area contributed by atoms with Crippen LogP contribution in [0.2, 0.25) is 0 Å². The molecule has 2 heterocycles. The first-order valence-corrected chi connectivity index (χ1v) is 7.95. The van der Waals surface area contributed by atoms with Crippen LogP contribution in [0, 0.1) is 5.92 Å². The highest BCUT2D eigenvalue weighted by atomic mass is 19.4. The van der Waals surface area contributed by atoms with Gasteiger partial charge in [0.15, 0.2) is 0 Å². The number of amides is 1. The number of piperidine rings is 1. The largest absolute Gasteiger partial charge is 0.433 e. The van der Waals surface area contributed by atoms with Gasteiger partial charge < -0.3 is 5.32 Å². The molecular formula is C15H21F3N4O. The highest BCUT2D eigenvalue weighted by molar-refractivity contribution is 5.79. The van der Waals surface area contributed by atoms with Gasteiger partial charge in [-0.1, -0.05) is 0 Å². The number of aryl methyl sites for hydroxylation is 1. The topological polar surface area (TPSA) is 50.2 Å². The number of hydrogen-bond donors (Lipinski definition) is 1. The first-order valence-electron chi connectivity index (χ1n) is 7.95. The van der Waals surface area contributed by atoms with E-state index in [2.05, 4.69) is 10.4 Å². The van der Waals surface area contributed by atoms with E-state index in [0.717, 1.165) is 17.5 Å². The van der Waals surface area contributed by atoms with Crippen LogP contribution in [0.4, 0.5) is 13.2 Å². The van der Waals surface area contributed by atoms with Gasteiger partial charge in [0, 0.05) is 31.1 Å². The number of likely N-dealkylation sites (tertiary alicyclic amines) is 1. The number of carbonyl (C=O) groups excluding carboxylic acids is 1. The van der Waals surface area contributed by atoms with Gasteiger partial charge in [0.2, 0.25) is 5.91 Å². The maximum atomic E-state index is 13.1. The maximum absolute atomic E-state index is 13.1. The van der Waals surface area contributed by atoms with Crippen molar-refractivity contribution in [2.75, 3.05) is 13.1 Å². The second kappa shape index (κ2) is 6.14. The third-order valence-corrected chi connectivity index (χ3v) is 4.56. The van der Waals surface area contributed by atoms with Crippen LogP contribution >= 0.6 is 0 Å². The van der Waals surface area contributed by atoms with Gasteiger partial charge >= 0.3 is 6.18 Å². The lowest BCUT2D eigenvalue weighted by Crippen LogP contribution is -2.41. The van der Waals surface area contributed by atoms with Crippen LogP contribution < -0.4 is 5.32 Å². The lowest BCUT2D eigenvalue weighted by Gasteiger charge is -2.31. The Labute approximate surface area is 132 Å². The van der Waals surface area contributed by atoms with Crippen molar-refractivity contribution in [3.63, 3.8) is 0 Å². The Morgan fingerprint density at radius 3 is 2.52 bits per heavy atom. The van der Waals surface area contributed by atoms with E-state index in [0.29, 0.717) is 32.0 Å². The van der Waals surface area contributed by atoms with Crippen LogP contribution in [0.5, 0.6) is 0 Å². The summed E-state index contributed by atoms with van der Waals surface area (Å²) in [6.45, 7) is 1.49. The fourth-order valence-corrected chi connectivity index (χ4v) is 3.11. The zero-order valence-electron chi connectivity index (χ0n) is 13.1. The van der Waals surface area contributed by atoms with Gasteiger partial charge in [-0.2, -0.15) is 18.3 Å². The molecule has 2 fully saturated rings. The smallest absolute Gasteiger partial charge is 0.353 e. The monoisotopic (exact) mass is 330 g/mol. The summed E-state index contributed by atoms with van der Waals surface area (Å²) in [5.74, 6) is 0.0901. The molecule has 23 heavy (non-hydrogen) atoms. The molecule has 1 saturated heterocycles. The predicted octanol–water partition coefficient (Wildman–Crippen LogP) is 1.93. The summed E-state index contributed by atoms with van der Waals surface area (Å²) in [5, 5.41) is 6.74. The zero-order chi connectivity index (χ0) is 16.6. The van der Waals surface area contributed by atoms with E-state index in [1.807, 2.05) is 4.90 Å². The van der Waals surface area contributed by atoms with Gasteiger partial charge in [-0.3, -0.25) is 14.4 Å². The molecule has 0 aromatic carbocycles. The fraction of sp³-hybridized carbons (Fsp3) is 0.733. The Hall–Kier alpha value is -1.57. The summed E-state index contributed by atoms with van der Waals surface area (Å²) in [4.78, 5) is 14.0. The highest BCUT2D eigenvalue weighted by Gasteiger charge is 2.38. The molecule has 0 bridgehead atoms. The number of aromatic nitrogens is 2. The van der Waals surface area contributed by atoms with Crippen LogP contribution in [-0.2, 0) is 24.6 Å². The number of nitrogens with zero attached hydrogens (tertiary/aromatic N) is 3. The third-order valence-electron chi connectivity index (χ3n) is 4.56. The molecule has 2 aliphatic rings. The molecule has 1 saturated carbocycles. The van der Waals surface area contributed by atoms with Gasteiger partial charge in [0.25, 0.3) is 0 Å². The van der Waals surface area contributed by atoms with E-state index in [1.54, 1.807) is 0 Å².